The Morgan fingerprint density at radius 1 is 0.219 bits per heavy atom. The molecule has 0 saturated carbocycles. The first kappa shape index (κ1) is 85.3. The Bertz CT molecular complexity index is 8600. The normalized spacial score (nSPS) is 11.4. The summed E-state index contributed by atoms with van der Waals surface area (Å²) >= 11 is 6.90. The first-order chi connectivity index (χ1) is 67.2. The molecule has 0 fully saturated rings. The topological polar surface area (TPSA) is 290 Å². The number of aromatic hydroxyl groups is 2. The Kier molecular flexibility index (Phi) is 22.7. The molecular weight excluding hydrogens is 1840 g/mol. The maximum absolute atomic E-state index is 10.2. The number of nitrogens with zero attached hydrogens (tertiary/aromatic N) is 5. The van der Waals surface area contributed by atoms with E-state index in [-0.39, 0.29) is 11.5 Å². The minimum absolute atomic E-state index is 0.139. The number of fused-ring (bicyclic) bond motifs is 17. The van der Waals surface area contributed by atoms with E-state index < -0.39 is 7.12 Å². The fraction of sp³-hybridized carbons (Fsp3) is 0.0174. The van der Waals surface area contributed by atoms with E-state index in [1.165, 1.54) is 0 Å². The Hall–Kier alpha value is -17.1. The summed E-state index contributed by atoms with van der Waals surface area (Å²) in [7, 11) is -1.51. The Balaban J connectivity index is 0.0000000969. The number of hydrogen-bond acceptors (Lipinski definition) is 19. The molecule has 19 nitrogen and oxygen atoms in total. The van der Waals surface area contributed by atoms with Gasteiger partial charge in [0.15, 0.2) is 27.9 Å². The molecular formula is C115H75BBr2N6O13. The van der Waals surface area contributed by atoms with Crippen molar-refractivity contribution < 1.29 is 60.0 Å². The average Bonchev–Trinajstić information content (AvgIpc) is 1.60. The SMILES string of the molecule is Cc1ccccc1-c1nc2c(-c3cccc4c3oc3ccccc34)cccc2o1.Cc1ccccc1-c1nc2c(Br)cccc2o1.Nc1ccccc1-c1nc2c(-c3cccc4c3oc3ccccc34)cccc2o1.OB(O)c1cccc2c1oc1ccccc12.Oc1ccccc1-c1nc2c(-c3cccc4c3oc3ccccc34)cccc2o1.Oc1ccccc1-c1nc2c(Br)cccc2o1. The van der Waals surface area contributed by atoms with Crippen LogP contribution in [0.2, 0.25) is 0 Å². The van der Waals surface area contributed by atoms with Gasteiger partial charge in [-0.2, -0.15) is 0 Å². The average molecular weight is 1920 g/mol. The Morgan fingerprint density at radius 3 is 0.810 bits per heavy atom. The Morgan fingerprint density at radius 2 is 0.460 bits per heavy atom. The number of hydrogen-bond donors (Lipinski definition) is 5. The quantitative estimate of drug-likeness (QED) is 0.0663. The Labute approximate surface area is 796 Å². The second-order valence-electron chi connectivity index (χ2n) is 32.5. The maximum atomic E-state index is 10.2. The van der Waals surface area contributed by atoms with E-state index >= 15 is 0 Å². The number of phenolic OH excluding ortho intramolecular Hbond substituents is 2. The van der Waals surface area contributed by atoms with E-state index in [2.05, 4.69) is 135 Å². The fourth-order valence-electron chi connectivity index (χ4n) is 17.4. The van der Waals surface area contributed by atoms with Crippen LogP contribution in [0.3, 0.4) is 0 Å². The number of nitrogens with two attached hydrogens (primary N) is 1. The number of aryl methyl sites for hydroxylation is 2. The second kappa shape index (κ2) is 36.4. The molecule has 660 valence electrons. The minimum atomic E-state index is -1.51. The van der Waals surface area contributed by atoms with Gasteiger partial charge in [-0.25, -0.2) is 24.9 Å². The lowest BCUT2D eigenvalue weighted by atomic mass is 9.79. The number of phenols is 2. The molecule has 27 rings (SSSR count). The van der Waals surface area contributed by atoms with Gasteiger partial charge in [-0.05, 0) is 172 Å². The molecule has 0 atom stereocenters. The molecule has 0 aliphatic heterocycles. The van der Waals surface area contributed by atoms with Crippen molar-refractivity contribution in [3.8, 4) is 102 Å². The molecule has 0 unspecified atom stereocenters. The van der Waals surface area contributed by atoms with E-state index in [0.717, 1.165) is 191 Å². The summed E-state index contributed by atoms with van der Waals surface area (Å²) in [4.78, 5) is 23.3. The molecule has 0 spiro atoms. The van der Waals surface area contributed by atoms with Crippen molar-refractivity contribution in [2.24, 2.45) is 0 Å². The summed E-state index contributed by atoms with van der Waals surface area (Å²) in [6.45, 7) is 4.12. The maximum Gasteiger partial charge on any atom is 0.492 e. The van der Waals surface area contributed by atoms with E-state index in [1.54, 1.807) is 48.5 Å². The lowest BCUT2D eigenvalue weighted by Crippen LogP contribution is -2.29. The predicted molar refractivity (Wildman–Crippen MR) is 552 cm³/mol. The van der Waals surface area contributed by atoms with Gasteiger partial charge in [0.05, 0.1) is 16.7 Å². The highest BCUT2D eigenvalue weighted by Crippen LogP contribution is 2.46. The first-order valence-corrected chi connectivity index (χ1v) is 45.6. The number of nitrogen functional groups attached to an aromatic ring is 1. The van der Waals surface area contributed by atoms with Gasteiger partial charge in [0, 0.05) is 108 Å². The molecule has 0 radical (unpaired) electrons. The fourth-order valence-corrected chi connectivity index (χ4v) is 18.3. The van der Waals surface area contributed by atoms with Gasteiger partial charge < -0.3 is 65.7 Å². The number of halogens is 2. The van der Waals surface area contributed by atoms with Gasteiger partial charge in [0.25, 0.3) is 0 Å². The van der Waals surface area contributed by atoms with Gasteiger partial charge >= 0.3 is 7.12 Å². The summed E-state index contributed by atoms with van der Waals surface area (Å²) in [5.74, 6) is 2.94. The molecule has 0 amide bonds. The van der Waals surface area contributed by atoms with Crippen LogP contribution in [-0.2, 0) is 0 Å². The smallest absolute Gasteiger partial charge is 0.492 e. The highest BCUT2D eigenvalue weighted by molar-refractivity contribution is 9.11. The van der Waals surface area contributed by atoms with Crippen molar-refractivity contribution in [1.82, 2.24) is 24.9 Å². The number of furan rings is 4. The lowest BCUT2D eigenvalue weighted by molar-refractivity contribution is 0.425. The van der Waals surface area contributed by atoms with Crippen LogP contribution in [0.5, 0.6) is 11.5 Å². The number of oxazole rings is 5. The van der Waals surface area contributed by atoms with Crippen molar-refractivity contribution in [3.63, 3.8) is 0 Å². The summed E-state index contributed by atoms with van der Waals surface area (Å²) in [6.07, 6.45) is 0. The third-order valence-corrected chi connectivity index (χ3v) is 25.3. The van der Waals surface area contributed by atoms with Crippen LogP contribution < -0.4 is 11.2 Å². The zero-order valence-electron chi connectivity index (χ0n) is 73.0. The molecule has 137 heavy (non-hydrogen) atoms. The van der Waals surface area contributed by atoms with Crippen molar-refractivity contribution in [3.05, 3.63) is 402 Å². The van der Waals surface area contributed by atoms with Crippen LogP contribution in [0.1, 0.15) is 11.1 Å². The molecule has 9 aromatic heterocycles. The summed E-state index contributed by atoms with van der Waals surface area (Å²) in [6, 6.07) is 123. The predicted octanol–water partition coefficient (Wildman–Crippen LogP) is 30.6. The van der Waals surface area contributed by atoms with Crippen molar-refractivity contribution in [2.75, 3.05) is 5.73 Å². The monoisotopic (exact) mass is 1920 g/mol. The third-order valence-electron chi connectivity index (χ3n) is 24.0. The first-order valence-electron chi connectivity index (χ1n) is 44.0. The third kappa shape index (κ3) is 16.3. The number of aromatic nitrogens is 5. The molecule has 0 aliphatic rings. The van der Waals surface area contributed by atoms with E-state index in [0.29, 0.717) is 74.1 Å². The molecule has 18 aromatic carbocycles. The van der Waals surface area contributed by atoms with Crippen molar-refractivity contribution in [1.29, 1.82) is 0 Å². The van der Waals surface area contributed by atoms with Gasteiger partial charge in [-0.1, -0.05) is 267 Å². The van der Waals surface area contributed by atoms with Crippen LogP contribution >= 0.6 is 31.9 Å². The van der Waals surface area contributed by atoms with Crippen LogP contribution in [-0.4, -0.2) is 52.3 Å². The van der Waals surface area contributed by atoms with Crippen LogP contribution in [0.4, 0.5) is 5.69 Å². The number of anilines is 1. The van der Waals surface area contributed by atoms with E-state index in [4.69, 9.17) is 60.4 Å². The lowest BCUT2D eigenvalue weighted by Gasteiger charge is -2.03. The number of benzene rings is 18. The minimum Gasteiger partial charge on any atom is -0.507 e. The molecule has 6 N–H and O–H groups in total. The number of rotatable bonds is 9. The number of para-hydroxylation sites is 16. The zero-order valence-corrected chi connectivity index (χ0v) is 76.2. The van der Waals surface area contributed by atoms with Gasteiger partial charge in [0.2, 0.25) is 29.5 Å². The van der Waals surface area contributed by atoms with Crippen LogP contribution in [0, 0.1) is 13.8 Å². The highest BCUT2D eigenvalue weighted by Gasteiger charge is 2.26. The van der Waals surface area contributed by atoms with Crippen LogP contribution in [0.15, 0.2) is 431 Å². The summed E-state index contributed by atoms with van der Waals surface area (Å²) in [5, 5.41) is 46.9. The summed E-state index contributed by atoms with van der Waals surface area (Å²) in [5.41, 5.74) is 33.5. The van der Waals surface area contributed by atoms with Gasteiger partial charge in [-0.15, -0.1) is 0 Å². The highest BCUT2D eigenvalue weighted by atomic mass is 79.9. The second-order valence-corrected chi connectivity index (χ2v) is 34.2. The molecule has 0 saturated heterocycles. The zero-order chi connectivity index (χ0) is 92.9. The largest absolute Gasteiger partial charge is 0.507 e. The molecule has 9 heterocycles. The molecule has 0 bridgehead atoms. The van der Waals surface area contributed by atoms with Crippen LogP contribution in [0.25, 0.3) is 234 Å². The van der Waals surface area contributed by atoms with E-state index in [9.17, 15) is 20.3 Å². The van der Waals surface area contributed by atoms with Crippen molar-refractivity contribution in [2.45, 2.75) is 13.8 Å². The summed E-state index contributed by atoms with van der Waals surface area (Å²) < 4.78 is 55.6. The standard InChI is InChI=1S/C26H17NO2.C25H16N2O2.C25H15NO3.C14H10BrNO.C13H8BrNO2.C12H9BO3/c1-16-8-2-3-9-17(16)26-27-24-19(11-7-15-23(24)29-26)21-13-6-12-20-18-10-4-5-14-22(18)28-25(20)21;26-20-12-3-1-8-19(20)25-27-23-16(9-6-14-22(23)29-25)18-11-5-10-17-15-7-2-4-13-21(15)28-24(17)18;27-20-12-3-1-8-19(20)25-26-23-16(9-6-14-22(23)29-25)18-11-5-10-17-15-7-2-4-13-21(15)28-24(17)18;1-9-5-2-3-6-10(9)14-16-13-11(15)7-4-8-12(13)17-14;14-9-5-3-7-11-12(9)15-13(17-11)8-4-1-2-6-10(8)16;14-13(15)10-6-3-5-9-8-4-1-2-7-11(8)16-12(9)10/h2-15H,1H3;1-14H,26H2;1-14,27H;2-8H,1H3;1-7,16H;1-7,14-15H. The van der Waals surface area contributed by atoms with E-state index in [1.807, 2.05) is 255 Å². The molecule has 22 heteroatoms. The molecule has 27 aromatic rings. The molecule has 0 aliphatic carbocycles. The van der Waals surface area contributed by atoms with Gasteiger partial charge in [0.1, 0.15) is 83.7 Å². The van der Waals surface area contributed by atoms with Gasteiger partial charge in [-0.3, -0.25) is 0 Å². The van der Waals surface area contributed by atoms with Crippen molar-refractivity contribution >= 4 is 193 Å².